The van der Waals surface area contributed by atoms with Gasteiger partial charge in [0.1, 0.15) is 17.9 Å². The molecule has 1 saturated heterocycles. The second-order valence-electron chi connectivity index (χ2n) is 5.12. The molecule has 21 heavy (non-hydrogen) atoms. The summed E-state index contributed by atoms with van der Waals surface area (Å²) in [7, 11) is 0. The number of thioether (sulfide) groups is 1. The summed E-state index contributed by atoms with van der Waals surface area (Å²) in [6.45, 7) is 2.07. The Morgan fingerprint density at radius 3 is 2.90 bits per heavy atom. The number of fused-ring (bicyclic) bond motifs is 1. The van der Waals surface area contributed by atoms with Crippen molar-refractivity contribution in [2.75, 3.05) is 17.2 Å². The number of H-pyrrole nitrogens is 1. The number of hydrogen-bond donors (Lipinski definition) is 5. The average Bonchev–Trinajstić information content (AvgIpc) is 3.02. The molecule has 0 aliphatic carbocycles. The molecule has 2 aromatic rings. The second kappa shape index (κ2) is 5.80. The first-order valence-corrected chi connectivity index (χ1v) is 8.06. The van der Waals surface area contributed by atoms with Gasteiger partial charge in [-0.3, -0.25) is 0 Å². The minimum Gasteiger partial charge on any atom is -0.389 e. The number of nitrogen functional groups attached to an aromatic ring is 1. The van der Waals surface area contributed by atoms with E-state index >= 15 is 0 Å². The van der Waals surface area contributed by atoms with Crippen LogP contribution in [0.1, 0.15) is 18.5 Å². The van der Waals surface area contributed by atoms with Crippen molar-refractivity contribution in [2.24, 2.45) is 0 Å². The highest BCUT2D eigenvalue weighted by atomic mass is 32.2. The lowest BCUT2D eigenvalue weighted by atomic mass is 10.0. The van der Waals surface area contributed by atoms with E-state index < -0.39 is 12.2 Å². The van der Waals surface area contributed by atoms with E-state index in [1.807, 2.05) is 0 Å². The molecule has 8 heteroatoms. The van der Waals surface area contributed by atoms with E-state index in [0.717, 1.165) is 17.1 Å². The molecule has 1 unspecified atom stereocenters. The van der Waals surface area contributed by atoms with Crippen LogP contribution in [0.25, 0.3) is 11.0 Å². The van der Waals surface area contributed by atoms with Crippen LogP contribution in [0.2, 0.25) is 0 Å². The molecule has 0 aromatic carbocycles. The molecule has 3 rings (SSSR count). The lowest BCUT2D eigenvalue weighted by Gasteiger charge is -2.14. The van der Waals surface area contributed by atoms with Gasteiger partial charge in [-0.2, -0.15) is 11.8 Å². The molecule has 2 aromatic heterocycles. The zero-order chi connectivity index (χ0) is 15.0. The molecule has 114 valence electrons. The van der Waals surface area contributed by atoms with E-state index in [0.29, 0.717) is 16.9 Å². The maximum absolute atomic E-state index is 10.3. The van der Waals surface area contributed by atoms with Gasteiger partial charge in [-0.05, 0) is 5.75 Å². The van der Waals surface area contributed by atoms with Gasteiger partial charge in [0.05, 0.1) is 17.7 Å². The summed E-state index contributed by atoms with van der Waals surface area (Å²) in [5.41, 5.74) is 7.94. The first kappa shape index (κ1) is 14.6. The predicted molar refractivity (Wildman–Crippen MR) is 83.0 cm³/mol. The standard InChI is InChI=1S/C13H19N5O2S/c1-2-21-4-7-11(19)12(20)9(18-7)6-3-15-10-8(6)16-5-17-13(10)14/h3,5,7,9,11-12,15,18-20H,2,4H2,1H3,(H2,14,16,17)/t7-,9+,11+,12?/m1/s1. The van der Waals surface area contributed by atoms with Gasteiger partial charge in [-0.25, -0.2) is 9.97 Å². The topological polar surface area (TPSA) is 120 Å². The van der Waals surface area contributed by atoms with E-state index in [9.17, 15) is 10.2 Å². The molecule has 0 saturated carbocycles. The molecule has 6 N–H and O–H groups in total. The molecule has 1 fully saturated rings. The molecule has 0 bridgehead atoms. The lowest BCUT2D eigenvalue weighted by Crippen LogP contribution is -2.35. The number of anilines is 1. The maximum Gasteiger partial charge on any atom is 0.151 e. The van der Waals surface area contributed by atoms with E-state index in [2.05, 4.69) is 27.2 Å². The van der Waals surface area contributed by atoms with Crippen LogP contribution < -0.4 is 11.1 Å². The molecule has 0 spiro atoms. The lowest BCUT2D eigenvalue weighted by molar-refractivity contribution is 0.0308. The van der Waals surface area contributed by atoms with Crippen molar-refractivity contribution in [1.82, 2.24) is 20.3 Å². The van der Waals surface area contributed by atoms with Crippen molar-refractivity contribution >= 4 is 28.6 Å². The molecule has 4 atom stereocenters. The van der Waals surface area contributed by atoms with Crippen LogP contribution in [0.5, 0.6) is 0 Å². The van der Waals surface area contributed by atoms with Crippen LogP contribution in [0, 0.1) is 0 Å². The third kappa shape index (κ3) is 2.48. The molecule has 1 aliphatic heterocycles. The molecular formula is C13H19N5O2S. The van der Waals surface area contributed by atoms with E-state index in [1.54, 1.807) is 18.0 Å². The first-order chi connectivity index (χ1) is 10.1. The minimum atomic E-state index is -0.873. The Hall–Kier alpha value is -1.35. The molecule has 7 nitrogen and oxygen atoms in total. The number of rotatable bonds is 4. The summed E-state index contributed by atoms with van der Waals surface area (Å²) < 4.78 is 0. The predicted octanol–water partition coefficient (Wildman–Crippen LogP) is 0.0279. The molecule has 0 radical (unpaired) electrons. The third-order valence-electron chi connectivity index (χ3n) is 3.86. The number of aromatic amines is 1. The van der Waals surface area contributed by atoms with Gasteiger partial charge in [0, 0.05) is 23.6 Å². The van der Waals surface area contributed by atoms with Gasteiger partial charge >= 0.3 is 0 Å². The molecule has 1 aliphatic rings. The van der Waals surface area contributed by atoms with Gasteiger partial charge in [-0.15, -0.1) is 0 Å². The molecule has 3 heterocycles. The van der Waals surface area contributed by atoms with Gasteiger partial charge in [0.2, 0.25) is 0 Å². The Morgan fingerprint density at radius 2 is 2.14 bits per heavy atom. The summed E-state index contributed by atoms with van der Waals surface area (Å²) in [4.78, 5) is 11.2. The van der Waals surface area contributed by atoms with Crippen LogP contribution in [-0.2, 0) is 0 Å². The molecular weight excluding hydrogens is 290 g/mol. The van der Waals surface area contributed by atoms with Crippen molar-refractivity contribution in [3.63, 3.8) is 0 Å². The van der Waals surface area contributed by atoms with Crippen molar-refractivity contribution in [3.05, 3.63) is 18.1 Å². The Labute approximate surface area is 126 Å². The average molecular weight is 309 g/mol. The maximum atomic E-state index is 10.3. The Balaban J connectivity index is 1.90. The highest BCUT2D eigenvalue weighted by Gasteiger charge is 2.42. The van der Waals surface area contributed by atoms with E-state index in [-0.39, 0.29) is 12.1 Å². The zero-order valence-corrected chi connectivity index (χ0v) is 12.5. The number of aliphatic hydroxyl groups is 2. The number of hydrogen-bond acceptors (Lipinski definition) is 7. The largest absolute Gasteiger partial charge is 0.389 e. The Morgan fingerprint density at radius 1 is 1.33 bits per heavy atom. The first-order valence-electron chi connectivity index (χ1n) is 6.90. The second-order valence-corrected chi connectivity index (χ2v) is 6.44. The minimum absolute atomic E-state index is 0.140. The van der Waals surface area contributed by atoms with Gasteiger partial charge < -0.3 is 26.2 Å². The quantitative estimate of drug-likeness (QED) is 0.540. The summed E-state index contributed by atoms with van der Waals surface area (Å²) >= 11 is 1.73. The van der Waals surface area contributed by atoms with Crippen molar-refractivity contribution in [2.45, 2.75) is 31.2 Å². The van der Waals surface area contributed by atoms with Crippen LogP contribution in [0.15, 0.2) is 12.5 Å². The summed E-state index contributed by atoms with van der Waals surface area (Å²) in [6, 6.07) is -0.510. The number of aromatic nitrogens is 3. The Bertz CT molecular complexity index is 634. The van der Waals surface area contributed by atoms with Gasteiger partial charge in [0.25, 0.3) is 0 Å². The highest BCUT2D eigenvalue weighted by molar-refractivity contribution is 7.99. The van der Waals surface area contributed by atoms with E-state index in [1.165, 1.54) is 6.33 Å². The zero-order valence-electron chi connectivity index (χ0n) is 11.7. The third-order valence-corrected chi connectivity index (χ3v) is 4.86. The Kier molecular flexibility index (Phi) is 4.03. The van der Waals surface area contributed by atoms with Crippen molar-refractivity contribution < 1.29 is 10.2 Å². The number of aliphatic hydroxyl groups excluding tert-OH is 2. The smallest absolute Gasteiger partial charge is 0.151 e. The fourth-order valence-corrected chi connectivity index (χ4v) is 3.53. The number of nitrogens with zero attached hydrogens (tertiary/aromatic N) is 2. The van der Waals surface area contributed by atoms with Crippen LogP contribution >= 0.6 is 11.8 Å². The monoisotopic (exact) mass is 309 g/mol. The fourth-order valence-electron chi connectivity index (χ4n) is 2.74. The summed E-state index contributed by atoms with van der Waals surface area (Å²) in [5, 5.41) is 23.8. The number of nitrogens with one attached hydrogen (secondary N) is 2. The summed E-state index contributed by atoms with van der Waals surface area (Å²) in [6.07, 6.45) is 1.50. The molecule has 0 amide bonds. The van der Waals surface area contributed by atoms with Crippen molar-refractivity contribution in [1.29, 1.82) is 0 Å². The van der Waals surface area contributed by atoms with Gasteiger partial charge in [0.15, 0.2) is 5.82 Å². The van der Waals surface area contributed by atoms with Gasteiger partial charge in [-0.1, -0.05) is 6.92 Å². The van der Waals surface area contributed by atoms with Crippen LogP contribution in [0.4, 0.5) is 5.82 Å². The number of nitrogens with two attached hydrogens (primary N) is 1. The summed E-state index contributed by atoms with van der Waals surface area (Å²) in [5.74, 6) is 2.10. The SMILES string of the molecule is CCSC[C@H]1N[C@@H](c2c[nH]c3c(N)ncnc23)C(O)[C@H]1O. The fraction of sp³-hybridized carbons (Fsp3) is 0.538. The van der Waals surface area contributed by atoms with Crippen molar-refractivity contribution in [3.8, 4) is 0 Å². The van der Waals surface area contributed by atoms with E-state index in [4.69, 9.17) is 5.73 Å². The van der Waals surface area contributed by atoms with Crippen LogP contribution in [0.3, 0.4) is 0 Å². The highest BCUT2D eigenvalue weighted by Crippen LogP contribution is 2.33. The van der Waals surface area contributed by atoms with Crippen LogP contribution in [-0.4, -0.2) is 54.9 Å². The normalized spacial score (nSPS) is 29.3.